The minimum atomic E-state index is -0.728. The lowest BCUT2D eigenvalue weighted by atomic mass is 10.1. The lowest BCUT2D eigenvalue weighted by Gasteiger charge is -2.14. The van der Waals surface area contributed by atoms with Gasteiger partial charge in [0.05, 0.1) is 24.9 Å². The first-order valence-corrected chi connectivity index (χ1v) is 9.83. The van der Waals surface area contributed by atoms with Crippen molar-refractivity contribution < 1.29 is 14.3 Å². The highest BCUT2D eigenvalue weighted by molar-refractivity contribution is 7.17. The number of thiophene rings is 1. The van der Waals surface area contributed by atoms with Crippen molar-refractivity contribution in [3.63, 3.8) is 0 Å². The molecule has 0 saturated carbocycles. The van der Waals surface area contributed by atoms with Crippen molar-refractivity contribution in [3.05, 3.63) is 46.3 Å². The molecule has 0 aliphatic heterocycles. The molecule has 0 saturated heterocycles. The van der Waals surface area contributed by atoms with Crippen LogP contribution >= 0.6 is 11.3 Å². The van der Waals surface area contributed by atoms with E-state index < -0.39 is 12.0 Å². The monoisotopic (exact) mass is 386 g/mol. The molecule has 0 bridgehead atoms. The number of rotatable bonds is 7. The molecule has 1 aromatic carbocycles. The molecule has 0 aliphatic rings. The molecule has 6 nitrogen and oxygen atoms in total. The molecule has 2 aromatic heterocycles. The zero-order valence-electron chi connectivity index (χ0n) is 15.6. The first-order chi connectivity index (χ1) is 13.1. The fraction of sp³-hybridized carbons (Fsp3) is 0.350. The van der Waals surface area contributed by atoms with Crippen LogP contribution in [-0.4, -0.2) is 28.7 Å². The molecule has 7 heteroatoms. The molecule has 142 valence electrons. The Labute approximate surface area is 161 Å². The van der Waals surface area contributed by atoms with Crippen LogP contribution in [0, 0.1) is 0 Å². The number of ether oxygens (including phenoxy) is 2. The van der Waals surface area contributed by atoms with Gasteiger partial charge in [-0.2, -0.15) is 0 Å². The van der Waals surface area contributed by atoms with Gasteiger partial charge in [0.2, 0.25) is 0 Å². The van der Waals surface area contributed by atoms with Crippen molar-refractivity contribution in [2.24, 2.45) is 0 Å². The zero-order chi connectivity index (χ0) is 19.4. The lowest BCUT2D eigenvalue weighted by Crippen LogP contribution is -2.29. The Kier molecular flexibility index (Phi) is 5.91. The topological polar surface area (TPSA) is 70.4 Å². The van der Waals surface area contributed by atoms with Gasteiger partial charge in [-0.3, -0.25) is 9.36 Å². The van der Waals surface area contributed by atoms with E-state index in [4.69, 9.17) is 9.47 Å². The molecule has 0 N–H and O–H groups in total. The number of esters is 1. The van der Waals surface area contributed by atoms with Crippen LogP contribution in [-0.2, 0) is 9.53 Å². The summed E-state index contributed by atoms with van der Waals surface area (Å²) in [6, 6.07) is 6.86. The van der Waals surface area contributed by atoms with Crippen LogP contribution in [0.25, 0.3) is 21.3 Å². The number of hydrogen-bond donors (Lipinski definition) is 0. The van der Waals surface area contributed by atoms with E-state index >= 15 is 0 Å². The quantitative estimate of drug-likeness (QED) is 0.573. The van der Waals surface area contributed by atoms with Gasteiger partial charge in [0.25, 0.3) is 5.56 Å². The Morgan fingerprint density at radius 2 is 2.00 bits per heavy atom. The molecule has 0 fully saturated rings. The van der Waals surface area contributed by atoms with Crippen LogP contribution in [0.3, 0.4) is 0 Å². The van der Waals surface area contributed by atoms with Crippen LogP contribution < -0.4 is 10.3 Å². The van der Waals surface area contributed by atoms with E-state index in [2.05, 4.69) is 4.98 Å². The maximum atomic E-state index is 13.1. The molecule has 3 aromatic rings. The van der Waals surface area contributed by atoms with Gasteiger partial charge in [0.15, 0.2) is 0 Å². The highest BCUT2D eigenvalue weighted by Crippen LogP contribution is 2.31. The van der Waals surface area contributed by atoms with Crippen molar-refractivity contribution in [1.29, 1.82) is 0 Å². The summed E-state index contributed by atoms with van der Waals surface area (Å²) >= 11 is 1.41. The summed E-state index contributed by atoms with van der Waals surface area (Å²) in [5.41, 5.74) is 1.47. The SMILES string of the molecule is CCCOC(=O)[C@H](C)n1cnc2scc(-c3ccc(OCC)cc3)c2c1=O. The lowest BCUT2D eigenvalue weighted by molar-refractivity contribution is -0.147. The van der Waals surface area contributed by atoms with E-state index in [1.807, 2.05) is 43.5 Å². The highest BCUT2D eigenvalue weighted by atomic mass is 32.1. The van der Waals surface area contributed by atoms with E-state index in [1.54, 1.807) is 6.92 Å². The number of fused-ring (bicyclic) bond motifs is 1. The molecular formula is C20H22N2O4S. The van der Waals surface area contributed by atoms with Crippen LogP contribution in [0.5, 0.6) is 5.75 Å². The van der Waals surface area contributed by atoms with Crippen molar-refractivity contribution >= 4 is 27.5 Å². The minimum Gasteiger partial charge on any atom is -0.494 e. The average Bonchev–Trinajstić information content (AvgIpc) is 3.12. The first kappa shape index (κ1) is 19.1. The van der Waals surface area contributed by atoms with E-state index in [-0.39, 0.29) is 5.56 Å². The van der Waals surface area contributed by atoms with Gasteiger partial charge < -0.3 is 9.47 Å². The number of hydrogen-bond acceptors (Lipinski definition) is 6. The first-order valence-electron chi connectivity index (χ1n) is 8.95. The third kappa shape index (κ3) is 3.88. The fourth-order valence-corrected chi connectivity index (χ4v) is 3.67. The van der Waals surface area contributed by atoms with Crippen LogP contribution in [0.4, 0.5) is 0 Å². The van der Waals surface area contributed by atoms with Gasteiger partial charge in [0, 0.05) is 10.9 Å². The second kappa shape index (κ2) is 8.35. The average molecular weight is 386 g/mol. The number of benzene rings is 1. The third-order valence-corrected chi connectivity index (χ3v) is 5.09. The third-order valence-electron chi connectivity index (χ3n) is 4.20. The number of carbonyl (C=O) groups excluding carboxylic acids is 1. The predicted molar refractivity (Wildman–Crippen MR) is 106 cm³/mol. The van der Waals surface area contributed by atoms with Crippen molar-refractivity contribution in [3.8, 4) is 16.9 Å². The Morgan fingerprint density at radius 3 is 2.67 bits per heavy atom. The van der Waals surface area contributed by atoms with Gasteiger partial charge in [-0.05, 0) is 38.0 Å². The molecule has 3 rings (SSSR count). The summed E-state index contributed by atoms with van der Waals surface area (Å²) in [6.45, 7) is 6.44. The van der Waals surface area contributed by atoms with E-state index in [0.29, 0.717) is 23.4 Å². The Bertz CT molecular complexity index is 991. The molecule has 27 heavy (non-hydrogen) atoms. The van der Waals surface area contributed by atoms with E-state index in [9.17, 15) is 9.59 Å². The van der Waals surface area contributed by atoms with Crippen LogP contribution in [0.1, 0.15) is 33.2 Å². The molecule has 0 radical (unpaired) electrons. The van der Waals surface area contributed by atoms with Crippen LogP contribution in [0.2, 0.25) is 0 Å². The Balaban J connectivity index is 2.01. The normalized spacial score (nSPS) is 12.1. The zero-order valence-corrected chi connectivity index (χ0v) is 16.4. The molecule has 1 atom stereocenters. The number of carbonyl (C=O) groups is 1. The summed E-state index contributed by atoms with van der Waals surface area (Å²) < 4.78 is 12.0. The summed E-state index contributed by atoms with van der Waals surface area (Å²) in [5, 5.41) is 2.43. The highest BCUT2D eigenvalue weighted by Gasteiger charge is 2.21. The molecule has 2 heterocycles. The van der Waals surface area contributed by atoms with Crippen molar-refractivity contribution in [1.82, 2.24) is 9.55 Å². The largest absolute Gasteiger partial charge is 0.494 e. The van der Waals surface area contributed by atoms with Gasteiger partial charge >= 0.3 is 5.97 Å². The number of nitrogens with zero attached hydrogens (tertiary/aromatic N) is 2. The standard InChI is InChI=1S/C20H22N2O4S/c1-4-10-26-20(24)13(3)22-12-21-18-17(19(22)23)16(11-27-18)14-6-8-15(9-7-14)25-5-2/h6-9,11-13H,4-5,10H2,1-3H3/t13-/m0/s1. The Morgan fingerprint density at radius 1 is 1.26 bits per heavy atom. The molecule has 0 spiro atoms. The maximum absolute atomic E-state index is 13.1. The molecular weight excluding hydrogens is 364 g/mol. The van der Waals surface area contributed by atoms with Gasteiger partial charge in [-0.1, -0.05) is 19.1 Å². The fourth-order valence-electron chi connectivity index (χ4n) is 2.77. The van der Waals surface area contributed by atoms with Gasteiger partial charge in [-0.15, -0.1) is 11.3 Å². The molecule has 0 unspecified atom stereocenters. The molecule has 0 amide bonds. The molecule has 0 aliphatic carbocycles. The van der Waals surface area contributed by atoms with Gasteiger partial charge in [0.1, 0.15) is 16.6 Å². The second-order valence-electron chi connectivity index (χ2n) is 6.09. The van der Waals surface area contributed by atoms with Crippen LogP contribution in [0.15, 0.2) is 40.8 Å². The summed E-state index contributed by atoms with van der Waals surface area (Å²) in [6.07, 6.45) is 2.15. The number of aromatic nitrogens is 2. The second-order valence-corrected chi connectivity index (χ2v) is 6.95. The summed E-state index contributed by atoms with van der Waals surface area (Å²) in [5.74, 6) is 0.349. The minimum absolute atomic E-state index is 0.244. The Hall–Kier alpha value is -2.67. The predicted octanol–water partition coefficient (Wildman–Crippen LogP) is 4.04. The van der Waals surface area contributed by atoms with Gasteiger partial charge in [-0.25, -0.2) is 9.78 Å². The summed E-state index contributed by atoms with van der Waals surface area (Å²) in [7, 11) is 0. The van der Waals surface area contributed by atoms with E-state index in [0.717, 1.165) is 23.3 Å². The smallest absolute Gasteiger partial charge is 0.328 e. The maximum Gasteiger partial charge on any atom is 0.328 e. The summed E-state index contributed by atoms with van der Waals surface area (Å²) in [4.78, 5) is 30.2. The van der Waals surface area contributed by atoms with Crippen molar-refractivity contribution in [2.45, 2.75) is 33.2 Å². The van der Waals surface area contributed by atoms with E-state index in [1.165, 1.54) is 22.2 Å². The van der Waals surface area contributed by atoms with Crippen molar-refractivity contribution in [2.75, 3.05) is 13.2 Å².